The maximum absolute atomic E-state index is 14.5. The quantitative estimate of drug-likeness (QED) is 0.151. The summed E-state index contributed by atoms with van der Waals surface area (Å²) < 4.78 is 34.3. The predicted molar refractivity (Wildman–Crippen MR) is 175 cm³/mol. The molecule has 1 N–H and O–H groups in total. The molecule has 4 aromatic carbocycles. The number of ether oxygens (including phenoxy) is 1. The Morgan fingerprint density at radius 2 is 1.50 bits per heavy atom. The third-order valence-corrected chi connectivity index (χ3v) is 8.92. The van der Waals surface area contributed by atoms with E-state index in [1.165, 1.54) is 42.3 Å². The van der Waals surface area contributed by atoms with Crippen molar-refractivity contribution < 1.29 is 27.7 Å². The van der Waals surface area contributed by atoms with Gasteiger partial charge in [-0.05, 0) is 55.3 Å². The second kappa shape index (κ2) is 15.2. The predicted octanol–water partition coefficient (Wildman–Crippen LogP) is 4.96. The van der Waals surface area contributed by atoms with E-state index < -0.39 is 39.3 Å². The molecule has 0 heterocycles. The average Bonchev–Trinajstić information content (AvgIpc) is 3.05. The van der Waals surface area contributed by atoms with Gasteiger partial charge in [-0.2, -0.15) is 0 Å². The van der Waals surface area contributed by atoms with Crippen LogP contribution in [0.2, 0.25) is 0 Å². The molecule has 0 aliphatic rings. The molecule has 12 heteroatoms. The van der Waals surface area contributed by atoms with Crippen LogP contribution in [0.5, 0.6) is 5.75 Å². The van der Waals surface area contributed by atoms with Crippen molar-refractivity contribution in [3.05, 3.63) is 130 Å². The molecule has 0 saturated carbocycles. The van der Waals surface area contributed by atoms with Crippen LogP contribution in [0.25, 0.3) is 0 Å². The molecule has 0 spiro atoms. The average molecular weight is 645 g/mol. The van der Waals surface area contributed by atoms with Gasteiger partial charge < -0.3 is 15.0 Å². The molecule has 0 aliphatic heterocycles. The van der Waals surface area contributed by atoms with Gasteiger partial charge in [0, 0.05) is 31.1 Å². The highest BCUT2D eigenvalue weighted by Gasteiger charge is 2.35. The Morgan fingerprint density at radius 1 is 0.870 bits per heavy atom. The summed E-state index contributed by atoms with van der Waals surface area (Å²) in [4.78, 5) is 40.5. The number of benzene rings is 4. The standard InChI is InChI=1S/C34H36N4O7S/c1-25(2)35-34(40)32(21-26-12-6-4-7-13-26)36(23-27-14-10-17-30(20-27)45-3)33(39)24-37(28-15-11-16-29(22-28)38(41)42)46(43,44)31-18-8-5-9-19-31/h4-20,22,25,32H,21,23-24H2,1-3H3,(H,35,40). The number of hydrogen-bond donors (Lipinski definition) is 1. The van der Waals surface area contributed by atoms with E-state index in [9.17, 15) is 28.1 Å². The van der Waals surface area contributed by atoms with E-state index in [0.29, 0.717) is 11.3 Å². The van der Waals surface area contributed by atoms with Crippen molar-refractivity contribution in [1.29, 1.82) is 0 Å². The minimum Gasteiger partial charge on any atom is -0.497 e. The molecule has 4 rings (SSSR count). The van der Waals surface area contributed by atoms with E-state index in [-0.39, 0.29) is 35.3 Å². The van der Waals surface area contributed by atoms with Gasteiger partial charge in [-0.1, -0.05) is 66.7 Å². The molecule has 0 saturated heterocycles. The smallest absolute Gasteiger partial charge is 0.271 e. The fourth-order valence-electron chi connectivity index (χ4n) is 4.91. The highest BCUT2D eigenvalue weighted by molar-refractivity contribution is 7.92. The number of anilines is 1. The number of carbonyl (C=O) groups excluding carboxylic acids is 2. The number of rotatable bonds is 14. The molecule has 11 nitrogen and oxygen atoms in total. The Hall–Kier alpha value is -5.23. The third kappa shape index (κ3) is 8.48. The van der Waals surface area contributed by atoms with Crippen LogP contribution >= 0.6 is 0 Å². The first-order valence-electron chi connectivity index (χ1n) is 14.6. The zero-order valence-corrected chi connectivity index (χ0v) is 26.6. The maximum Gasteiger partial charge on any atom is 0.271 e. The summed E-state index contributed by atoms with van der Waals surface area (Å²) in [6.07, 6.45) is 0.150. The zero-order valence-electron chi connectivity index (χ0n) is 25.8. The van der Waals surface area contributed by atoms with Gasteiger partial charge in [-0.25, -0.2) is 8.42 Å². The van der Waals surface area contributed by atoms with Gasteiger partial charge in [-0.15, -0.1) is 0 Å². The second-order valence-electron chi connectivity index (χ2n) is 10.8. The van der Waals surface area contributed by atoms with Crippen molar-refractivity contribution in [1.82, 2.24) is 10.2 Å². The number of nitrogens with one attached hydrogen (secondary N) is 1. The van der Waals surface area contributed by atoms with Gasteiger partial charge in [0.1, 0.15) is 18.3 Å². The molecule has 1 atom stereocenters. The summed E-state index contributed by atoms with van der Waals surface area (Å²) in [6.45, 7) is 2.83. The van der Waals surface area contributed by atoms with E-state index in [1.807, 2.05) is 44.2 Å². The van der Waals surface area contributed by atoms with Gasteiger partial charge in [0.25, 0.3) is 15.7 Å². The second-order valence-corrected chi connectivity index (χ2v) is 12.7. The topological polar surface area (TPSA) is 139 Å². The van der Waals surface area contributed by atoms with E-state index in [1.54, 1.807) is 42.5 Å². The highest BCUT2D eigenvalue weighted by Crippen LogP contribution is 2.28. The molecule has 2 amide bonds. The minimum atomic E-state index is -4.39. The number of nitro benzene ring substituents is 1. The van der Waals surface area contributed by atoms with Crippen LogP contribution in [-0.2, 0) is 32.6 Å². The molecule has 0 aromatic heterocycles. The van der Waals surface area contributed by atoms with Crippen molar-refractivity contribution >= 4 is 33.2 Å². The number of amides is 2. The van der Waals surface area contributed by atoms with Gasteiger partial charge in [-0.3, -0.25) is 24.0 Å². The van der Waals surface area contributed by atoms with Crippen molar-refractivity contribution in [2.45, 2.75) is 43.8 Å². The largest absolute Gasteiger partial charge is 0.497 e. The number of non-ortho nitro benzene ring substituents is 1. The van der Waals surface area contributed by atoms with Crippen LogP contribution in [-0.4, -0.2) is 55.8 Å². The van der Waals surface area contributed by atoms with Gasteiger partial charge in [0.05, 0.1) is 22.6 Å². The Balaban J connectivity index is 1.84. The number of nitrogens with zero attached hydrogens (tertiary/aromatic N) is 3. The lowest BCUT2D eigenvalue weighted by Crippen LogP contribution is -2.54. The van der Waals surface area contributed by atoms with Crippen LogP contribution < -0.4 is 14.4 Å². The third-order valence-electron chi connectivity index (χ3n) is 7.13. The molecule has 240 valence electrons. The SMILES string of the molecule is COc1cccc(CN(C(=O)CN(c2cccc([N+](=O)[O-])c2)S(=O)(=O)c2ccccc2)C(Cc2ccccc2)C(=O)NC(C)C)c1. The molecular weight excluding hydrogens is 608 g/mol. The fraction of sp³-hybridized carbons (Fsp3) is 0.235. The summed E-state index contributed by atoms with van der Waals surface area (Å²) in [5.41, 5.74) is 1.03. The Bertz CT molecular complexity index is 1770. The van der Waals surface area contributed by atoms with Crippen molar-refractivity contribution in [3.63, 3.8) is 0 Å². The van der Waals surface area contributed by atoms with Crippen LogP contribution in [0.3, 0.4) is 0 Å². The normalized spacial score (nSPS) is 11.8. The number of sulfonamides is 1. The molecular formula is C34H36N4O7S. The number of hydrogen-bond acceptors (Lipinski definition) is 7. The molecule has 4 aromatic rings. The Morgan fingerprint density at radius 3 is 2.13 bits per heavy atom. The van der Waals surface area contributed by atoms with E-state index in [0.717, 1.165) is 15.9 Å². The lowest BCUT2D eigenvalue weighted by atomic mass is 10.0. The zero-order chi connectivity index (χ0) is 33.3. The molecule has 0 fully saturated rings. The molecule has 0 radical (unpaired) electrons. The first-order valence-corrected chi connectivity index (χ1v) is 16.0. The molecule has 0 bridgehead atoms. The maximum atomic E-state index is 14.5. The van der Waals surface area contributed by atoms with E-state index in [2.05, 4.69) is 5.32 Å². The van der Waals surface area contributed by atoms with E-state index in [4.69, 9.17) is 4.74 Å². The van der Waals surface area contributed by atoms with Gasteiger partial charge >= 0.3 is 0 Å². The first kappa shape index (κ1) is 33.7. The van der Waals surface area contributed by atoms with Crippen molar-refractivity contribution in [2.24, 2.45) is 0 Å². The first-order chi connectivity index (χ1) is 22.0. The fourth-order valence-corrected chi connectivity index (χ4v) is 6.34. The summed E-state index contributed by atoms with van der Waals surface area (Å²) in [5.74, 6) is -0.558. The molecule has 0 aliphatic carbocycles. The minimum absolute atomic E-state index is 0.0484. The summed E-state index contributed by atoms with van der Waals surface area (Å²) in [7, 11) is -2.87. The van der Waals surface area contributed by atoms with E-state index >= 15 is 0 Å². The summed E-state index contributed by atoms with van der Waals surface area (Å²) >= 11 is 0. The molecule has 1 unspecified atom stereocenters. The van der Waals surface area contributed by atoms with Crippen molar-refractivity contribution in [3.8, 4) is 5.75 Å². The highest BCUT2D eigenvalue weighted by atomic mass is 32.2. The monoisotopic (exact) mass is 644 g/mol. The lowest BCUT2D eigenvalue weighted by Gasteiger charge is -2.34. The van der Waals surface area contributed by atoms with Crippen LogP contribution in [0.15, 0.2) is 114 Å². The Kier molecular flexibility index (Phi) is 11.1. The number of methoxy groups -OCH3 is 1. The lowest BCUT2D eigenvalue weighted by molar-refractivity contribution is -0.384. The van der Waals surface area contributed by atoms with Crippen molar-refractivity contribution in [2.75, 3.05) is 18.0 Å². The summed E-state index contributed by atoms with van der Waals surface area (Å²) in [6, 6.07) is 27.5. The van der Waals surface area contributed by atoms with Crippen LogP contribution in [0.1, 0.15) is 25.0 Å². The van der Waals surface area contributed by atoms with Gasteiger partial charge in [0.15, 0.2) is 0 Å². The van der Waals surface area contributed by atoms with Crippen LogP contribution in [0.4, 0.5) is 11.4 Å². The molecule has 46 heavy (non-hydrogen) atoms. The van der Waals surface area contributed by atoms with Crippen LogP contribution in [0, 0.1) is 10.1 Å². The summed E-state index contributed by atoms with van der Waals surface area (Å²) in [5, 5.41) is 14.5. The number of carbonyl (C=O) groups is 2. The Labute approximate surface area is 268 Å². The number of nitro groups is 1. The van der Waals surface area contributed by atoms with Gasteiger partial charge in [0.2, 0.25) is 11.8 Å².